The molecule has 0 saturated heterocycles. The molecule has 2 heteroatoms. The van der Waals surface area contributed by atoms with Gasteiger partial charge in [0, 0.05) is 19.1 Å². The van der Waals surface area contributed by atoms with Gasteiger partial charge in [-0.2, -0.15) is 0 Å². The molecular weight excluding hydrogens is 248 g/mol. The molecule has 104 valence electrons. The number of rotatable bonds is 7. The van der Waals surface area contributed by atoms with Crippen LogP contribution < -0.4 is 0 Å². The topological polar surface area (TPSA) is 26.3 Å². The first-order chi connectivity index (χ1) is 9.79. The van der Waals surface area contributed by atoms with Crippen molar-refractivity contribution in [3.63, 3.8) is 0 Å². The normalized spacial score (nSPS) is 12.1. The molecular formula is C18H20O2. The number of hydrogen-bond acceptors (Lipinski definition) is 2. The minimum Gasteiger partial charge on any atom is -0.381 e. The zero-order valence-electron chi connectivity index (χ0n) is 11.8. The van der Waals surface area contributed by atoms with Gasteiger partial charge in [0.1, 0.15) is 0 Å². The Hall–Kier alpha value is -1.93. The number of ketones is 1. The maximum atomic E-state index is 12.1. The fraction of sp³-hybridized carbons (Fsp3) is 0.278. The molecule has 0 aliphatic rings. The molecule has 0 fully saturated rings. The van der Waals surface area contributed by atoms with Crippen molar-refractivity contribution >= 4 is 5.78 Å². The van der Waals surface area contributed by atoms with Crippen LogP contribution in [0.3, 0.4) is 0 Å². The number of carbonyl (C=O) groups excluding carboxylic acids is 1. The average molecular weight is 268 g/mol. The molecule has 2 aromatic carbocycles. The molecule has 0 aliphatic carbocycles. The molecule has 0 heterocycles. The van der Waals surface area contributed by atoms with Gasteiger partial charge in [0.05, 0.1) is 6.10 Å². The highest BCUT2D eigenvalue weighted by Crippen LogP contribution is 2.13. The molecule has 0 aromatic heterocycles. The summed E-state index contributed by atoms with van der Waals surface area (Å²) in [5, 5.41) is 0. The molecule has 0 radical (unpaired) electrons. The number of benzene rings is 2. The molecule has 2 nitrogen and oxygen atoms in total. The lowest BCUT2D eigenvalue weighted by Crippen LogP contribution is -2.17. The number of Topliss-reactive ketones (excluding diaryl/α,β-unsaturated/α-hetero) is 1. The summed E-state index contributed by atoms with van der Waals surface area (Å²) in [5.74, 6) is 0.144. The van der Waals surface area contributed by atoms with Crippen LogP contribution >= 0.6 is 0 Å². The van der Waals surface area contributed by atoms with E-state index in [1.54, 1.807) is 7.11 Å². The van der Waals surface area contributed by atoms with Gasteiger partial charge in [-0.25, -0.2) is 0 Å². The van der Waals surface area contributed by atoms with Gasteiger partial charge in [-0.3, -0.25) is 4.79 Å². The highest BCUT2D eigenvalue weighted by Gasteiger charge is 2.14. The van der Waals surface area contributed by atoms with E-state index in [4.69, 9.17) is 4.74 Å². The molecule has 0 saturated carbocycles. The van der Waals surface area contributed by atoms with Gasteiger partial charge in [-0.05, 0) is 18.4 Å². The van der Waals surface area contributed by atoms with E-state index in [9.17, 15) is 4.79 Å². The summed E-state index contributed by atoms with van der Waals surface area (Å²) >= 11 is 0. The predicted molar refractivity (Wildman–Crippen MR) is 80.9 cm³/mol. The van der Waals surface area contributed by atoms with E-state index < -0.39 is 0 Å². The van der Waals surface area contributed by atoms with Crippen molar-refractivity contribution in [2.45, 2.75) is 25.4 Å². The van der Waals surface area contributed by atoms with Gasteiger partial charge < -0.3 is 4.74 Å². The van der Waals surface area contributed by atoms with E-state index in [1.807, 2.05) is 48.5 Å². The van der Waals surface area contributed by atoms with Crippen LogP contribution in [0.25, 0.3) is 0 Å². The third kappa shape index (κ3) is 4.32. The lowest BCUT2D eigenvalue weighted by molar-refractivity contribution is 0.0700. The maximum absolute atomic E-state index is 12.1. The fourth-order valence-electron chi connectivity index (χ4n) is 2.22. The molecule has 2 rings (SSSR count). The number of hydrogen-bond donors (Lipinski definition) is 0. The third-order valence-electron chi connectivity index (χ3n) is 3.44. The summed E-state index contributed by atoms with van der Waals surface area (Å²) in [6.45, 7) is 0. The van der Waals surface area contributed by atoms with Crippen LogP contribution in [0.5, 0.6) is 0 Å². The molecule has 0 spiro atoms. The lowest BCUT2D eigenvalue weighted by Gasteiger charge is -2.14. The van der Waals surface area contributed by atoms with Crippen LogP contribution in [0.4, 0.5) is 0 Å². The summed E-state index contributed by atoms with van der Waals surface area (Å²) in [4.78, 5) is 12.1. The molecule has 1 atom stereocenters. The van der Waals surface area contributed by atoms with Crippen molar-refractivity contribution in [1.29, 1.82) is 0 Å². The third-order valence-corrected chi connectivity index (χ3v) is 3.44. The Balaban J connectivity index is 1.88. The Kier molecular flexibility index (Phi) is 5.51. The maximum Gasteiger partial charge on any atom is 0.165 e. The fourth-order valence-corrected chi connectivity index (χ4v) is 2.22. The van der Waals surface area contributed by atoms with Crippen LogP contribution in [0, 0.1) is 0 Å². The number of methoxy groups -OCH3 is 1. The average Bonchev–Trinajstić information content (AvgIpc) is 2.53. The monoisotopic (exact) mass is 268 g/mol. The minimum atomic E-state index is -0.0251. The molecule has 0 bridgehead atoms. The van der Waals surface area contributed by atoms with Crippen molar-refractivity contribution in [2.75, 3.05) is 7.11 Å². The van der Waals surface area contributed by atoms with Gasteiger partial charge in [-0.15, -0.1) is 0 Å². The first-order valence-electron chi connectivity index (χ1n) is 6.94. The van der Waals surface area contributed by atoms with E-state index in [-0.39, 0.29) is 11.9 Å². The van der Waals surface area contributed by atoms with E-state index in [2.05, 4.69) is 12.1 Å². The van der Waals surface area contributed by atoms with Crippen molar-refractivity contribution in [2.24, 2.45) is 0 Å². The highest BCUT2D eigenvalue weighted by atomic mass is 16.5. The molecule has 0 aliphatic heterocycles. The van der Waals surface area contributed by atoms with Crippen LogP contribution in [0.15, 0.2) is 60.7 Å². The lowest BCUT2D eigenvalue weighted by atomic mass is 10.00. The van der Waals surface area contributed by atoms with Crippen molar-refractivity contribution in [1.82, 2.24) is 0 Å². The Morgan fingerprint density at radius 2 is 1.60 bits per heavy atom. The first-order valence-corrected chi connectivity index (χ1v) is 6.94. The highest BCUT2D eigenvalue weighted by molar-refractivity contribution is 5.96. The van der Waals surface area contributed by atoms with Gasteiger partial charge in [0.25, 0.3) is 0 Å². The van der Waals surface area contributed by atoms with E-state index in [0.29, 0.717) is 6.42 Å². The quantitative estimate of drug-likeness (QED) is 0.712. The minimum absolute atomic E-state index is 0.0251. The molecule has 0 N–H and O–H groups in total. The van der Waals surface area contributed by atoms with Crippen molar-refractivity contribution in [3.8, 4) is 0 Å². The largest absolute Gasteiger partial charge is 0.381 e. The Labute approximate surface area is 120 Å². The Bertz CT molecular complexity index is 520. The molecule has 2 aromatic rings. The van der Waals surface area contributed by atoms with E-state index >= 15 is 0 Å². The van der Waals surface area contributed by atoms with Crippen LogP contribution in [0.2, 0.25) is 0 Å². The second-order valence-electron chi connectivity index (χ2n) is 4.88. The smallest absolute Gasteiger partial charge is 0.165 e. The zero-order valence-corrected chi connectivity index (χ0v) is 11.8. The first kappa shape index (κ1) is 14.5. The SMILES string of the molecule is CO[C@H](CCc1ccccc1)CC(=O)c1ccccc1. The second kappa shape index (κ2) is 7.61. The number of ether oxygens (including phenoxy) is 1. The molecule has 0 unspecified atom stereocenters. The summed E-state index contributed by atoms with van der Waals surface area (Å²) in [5.41, 5.74) is 2.04. The Morgan fingerprint density at radius 3 is 2.20 bits per heavy atom. The summed E-state index contributed by atoms with van der Waals surface area (Å²) < 4.78 is 5.44. The summed E-state index contributed by atoms with van der Waals surface area (Å²) in [6.07, 6.45) is 2.20. The van der Waals surface area contributed by atoms with Gasteiger partial charge in [0.15, 0.2) is 5.78 Å². The predicted octanol–water partition coefficient (Wildman–Crippen LogP) is 3.91. The molecule has 0 amide bonds. The standard InChI is InChI=1S/C18H20O2/c1-20-17(13-12-15-8-4-2-5-9-15)14-18(19)16-10-6-3-7-11-16/h2-11,17H,12-14H2,1H3/t17-/m1/s1. The Morgan fingerprint density at radius 1 is 1.00 bits per heavy atom. The second-order valence-corrected chi connectivity index (χ2v) is 4.88. The van der Waals surface area contributed by atoms with Gasteiger partial charge in [0.2, 0.25) is 0 Å². The van der Waals surface area contributed by atoms with Gasteiger partial charge in [-0.1, -0.05) is 60.7 Å². The zero-order chi connectivity index (χ0) is 14.2. The van der Waals surface area contributed by atoms with Crippen LogP contribution in [-0.4, -0.2) is 19.0 Å². The van der Waals surface area contributed by atoms with Crippen LogP contribution in [0.1, 0.15) is 28.8 Å². The summed E-state index contributed by atoms with van der Waals surface area (Å²) in [7, 11) is 1.67. The molecule has 20 heavy (non-hydrogen) atoms. The van der Waals surface area contributed by atoms with Crippen molar-refractivity contribution < 1.29 is 9.53 Å². The number of carbonyl (C=O) groups is 1. The summed E-state index contributed by atoms with van der Waals surface area (Å²) in [6, 6.07) is 19.7. The van der Waals surface area contributed by atoms with Crippen molar-refractivity contribution in [3.05, 3.63) is 71.8 Å². The van der Waals surface area contributed by atoms with Gasteiger partial charge >= 0.3 is 0 Å². The van der Waals surface area contributed by atoms with Crippen LogP contribution in [-0.2, 0) is 11.2 Å². The van der Waals surface area contributed by atoms with E-state index in [1.165, 1.54) is 5.56 Å². The van der Waals surface area contributed by atoms with E-state index in [0.717, 1.165) is 18.4 Å². The number of aryl methyl sites for hydroxylation is 1.